The van der Waals surface area contributed by atoms with Crippen molar-refractivity contribution in [2.45, 2.75) is 102 Å². The summed E-state index contributed by atoms with van der Waals surface area (Å²) in [5.74, 6) is 2.30. The first-order valence-electron chi connectivity index (χ1n) is 25.5. The average molecular weight is 966 g/mol. The number of hydrogen-bond acceptors (Lipinski definition) is 12. The maximum absolute atomic E-state index is 17.1. The molecule has 3 aromatic carbocycles. The smallest absolute Gasteiger partial charge is 0.319 e. The lowest BCUT2D eigenvalue weighted by atomic mass is 9.87. The molecule has 14 nitrogen and oxygen atoms in total. The molecule has 71 heavy (non-hydrogen) atoms. The Kier molecular flexibility index (Phi) is 12.8. The molecule has 16 heteroatoms. The standard InChI is InChI=1S/C55H61F2N9O5/c1-3-42-46(56)10-6-37-23-41(68)24-44(48(37)42)50-49(57)51-45(25-58-50)52(65-28-39-7-8-40(29-65)60-39)62-54(61-51)71-31-55(16-17-55)30-64-18-12-34(13-19-64)26-63-20-14-35(15-21-63)36-5-9-43-38(22-36)27-66(53(43)70)33(2)4-11-47(69)59-32-67/h1,5-6,9-10,22-25,32-35,39-40,60,68H,4,7-8,11-21,26-31H2,2H3,(H,59,67,69). The molecule has 3 unspecified atom stereocenters. The highest BCUT2D eigenvalue weighted by atomic mass is 19.1. The summed E-state index contributed by atoms with van der Waals surface area (Å²) in [6.45, 7) is 10.6. The summed E-state index contributed by atoms with van der Waals surface area (Å²) < 4.78 is 38.7. The summed E-state index contributed by atoms with van der Waals surface area (Å²) in [6.07, 6.45) is 17.1. The number of phenols is 1. The zero-order chi connectivity index (χ0) is 49.0. The summed E-state index contributed by atoms with van der Waals surface area (Å²) in [4.78, 5) is 59.2. The Labute approximate surface area is 412 Å². The van der Waals surface area contributed by atoms with Crippen LogP contribution in [0.15, 0.2) is 48.7 Å². The van der Waals surface area contributed by atoms with Gasteiger partial charge in [0.2, 0.25) is 12.3 Å². The number of rotatable bonds is 15. The molecule has 3 atom stereocenters. The van der Waals surface area contributed by atoms with Crippen LogP contribution in [0.25, 0.3) is 32.9 Å². The number of hydrogen-bond donors (Lipinski definition) is 3. The van der Waals surface area contributed by atoms with E-state index >= 15 is 8.78 Å². The van der Waals surface area contributed by atoms with Crippen molar-refractivity contribution < 1.29 is 33.0 Å². The summed E-state index contributed by atoms with van der Waals surface area (Å²) in [7, 11) is 0. The molecule has 2 aromatic heterocycles. The predicted molar refractivity (Wildman–Crippen MR) is 266 cm³/mol. The lowest BCUT2D eigenvalue weighted by molar-refractivity contribution is -0.125. The summed E-state index contributed by atoms with van der Waals surface area (Å²) in [5, 5.41) is 17.7. The number of fused-ring (bicyclic) bond motifs is 5. The van der Waals surface area contributed by atoms with Crippen LogP contribution in [-0.4, -0.2) is 130 Å². The van der Waals surface area contributed by atoms with Gasteiger partial charge in [-0.3, -0.25) is 24.7 Å². The Bertz CT molecular complexity index is 2930. The highest BCUT2D eigenvalue weighted by Crippen LogP contribution is 2.47. The topological polar surface area (TPSA) is 156 Å². The maximum Gasteiger partial charge on any atom is 0.319 e. The lowest BCUT2D eigenvalue weighted by Gasteiger charge is -2.38. The summed E-state index contributed by atoms with van der Waals surface area (Å²) in [6, 6.07) is 12.5. The van der Waals surface area contributed by atoms with Gasteiger partial charge in [0.25, 0.3) is 5.91 Å². The minimum absolute atomic E-state index is 0.00750. The maximum atomic E-state index is 17.1. The van der Waals surface area contributed by atoms with Crippen LogP contribution in [0.4, 0.5) is 14.6 Å². The normalized spacial score (nSPS) is 21.9. The number of aromatic nitrogens is 3. The molecule has 0 spiro atoms. The van der Waals surface area contributed by atoms with Gasteiger partial charge in [0.15, 0.2) is 5.82 Å². The number of carbonyl (C=O) groups is 3. The van der Waals surface area contributed by atoms with Crippen molar-refractivity contribution in [3.05, 3.63) is 82.5 Å². The van der Waals surface area contributed by atoms with Crippen LogP contribution >= 0.6 is 0 Å². The number of aromatic hydroxyl groups is 1. The van der Waals surface area contributed by atoms with Crippen molar-refractivity contribution in [3.8, 4) is 35.4 Å². The number of benzene rings is 3. The van der Waals surface area contributed by atoms with Gasteiger partial charge in [0.05, 0.1) is 17.6 Å². The first-order valence-corrected chi connectivity index (χ1v) is 25.5. The molecule has 4 saturated heterocycles. The number of nitrogens with zero attached hydrogens (tertiary/aromatic N) is 7. The van der Waals surface area contributed by atoms with E-state index in [0.29, 0.717) is 79.6 Å². The van der Waals surface area contributed by atoms with E-state index in [1.54, 1.807) is 6.20 Å². The van der Waals surface area contributed by atoms with Gasteiger partial charge < -0.3 is 34.8 Å². The van der Waals surface area contributed by atoms with E-state index in [0.717, 1.165) is 102 Å². The number of likely N-dealkylation sites (tertiary alicyclic amines) is 2. The highest BCUT2D eigenvalue weighted by Gasteiger charge is 2.46. The molecule has 5 fully saturated rings. The molecular formula is C55H61F2N9O5. The van der Waals surface area contributed by atoms with E-state index in [9.17, 15) is 19.5 Å². The van der Waals surface area contributed by atoms with Crippen LogP contribution in [0.3, 0.4) is 0 Å². The Balaban J connectivity index is 0.712. The Morgan fingerprint density at radius 1 is 1.00 bits per heavy atom. The van der Waals surface area contributed by atoms with Gasteiger partial charge in [0, 0.05) is 85.4 Å². The molecule has 1 aliphatic carbocycles. The molecule has 5 aromatic rings. The van der Waals surface area contributed by atoms with Crippen molar-refractivity contribution in [2.24, 2.45) is 11.3 Å². The summed E-state index contributed by atoms with van der Waals surface area (Å²) >= 11 is 0. The number of piperazine rings is 1. The largest absolute Gasteiger partial charge is 0.508 e. The fourth-order valence-corrected chi connectivity index (χ4v) is 12.2. The van der Waals surface area contributed by atoms with Crippen molar-refractivity contribution in [3.63, 3.8) is 0 Å². The van der Waals surface area contributed by atoms with Gasteiger partial charge in [0.1, 0.15) is 28.6 Å². The van der Waals surface area contributed by atoms with E-state index in [-0.39, 0.29) is 69.2 Å². The fourth-order valence-electron chi connectivity index (χ4n) is 12.2. The number of pyridine rings is 1. The Hall–Kier alpha value is -6.28. The fraction of sp³-hybridized carbons (Fsp3) is 0.491. The molecular weight excluding hydrogens is 905 g/mol. The van der Waals surface area contributed by atoms with Gasteiger partial charge in [-0.1, -0.05) is 24.1 Å². The Morgan fingerprint density at radius 2 is 1.76 bits per heavy atom. The number of nitrogens with one attached hydrogen (secondary N) is 2. The van der Waals surface area contributed by atoms with Gasteiger partial charge in [-0.15, -0.1) is 6.42 Å². The number of halogens is 2. The third-order valence-electron chi connectivity index (χ3n) is 16.4. The second kappa shape index (κ2) is 19.4. The van der Waals surface area contributed by atoms with E-state index in [4.69, 9.17) is 21.1 Å². The lowest BCUT2D eigenvalue weighted by Crippen LogP contribution is -2.51. The monoisotopic (exact) mass is 965 g/mol. The van der Waals surface area contributed by atoms with E-state index < -0.39 is 11.6 Å². The minimum atomic E-state index is -0.725. The van der Waals surface area contributed by atoms with Crippen molar-refractivity contribution in [2.75, 3.05) is 63.9 Å². The molecule has 3 N–H and O–H groups in total. The SMILES string of the molecule is C#Cc1c(F)ccc2cc(O)cc(-c3ncc4c(N5CC6CCC(C5)N6)nc(OCC5(CN6CCC(CN7CCC(c8ccc9c(c8)CN(C(C)CCC(=O)NC=O)C9=O)CC7)CC6)CC5)nc4c3F)c12. The van der Waals surface area contributed by atoms with Gasteiger partial charge in [-0.05, 0) is 144 Å². The molecule has 2 bridgehead atoms. The molecule has 11 rings (SSSR count). The van der Waals surface area contributed by atoms with Crippen molar-refractivity contribution in [1.82, 2.24) is 40.3 Å². The average Bonchev–Trinajstić information content (AvgIpc) is 3.95. The zero-order valence-electron chi connectivity index (χ0n) is 40.3. The van der Waals surface area contributed by atoms with Gasteiger partial charge >= 0.3 is 6.01 Å². The third-order valence-corrected chi connectivity index (χ3v) is 16.4. The van der Waals surface area contributed by atoms with Crippen molar-refractivity contribution >= 4 is 45.7 Å². The van der Waals surface area contributed by atoms with Crippen molar-refractivity contribution in [1.29, 1.82) is 0 Å². The number of ether oxygens (including phenoxy) is 1. The van der Waals surface area contributed by atoms with Crippen LogP contribution < -0.4 is 20.3 Å². The van der Waals surface area contributed by atoms with Gasteiger partial charge in [-0.25, -0.2) is 8.78 Å². The minimum Gasteiger partial charge on any atom is -0.508 e. The molecule has 3 amide bonds. The number of phenolic OH excluding ortho intramolecular Hbond substituents is 1. The predicted octanol–water partition coefficient (Wildman–Crippen LogP) is 6.90. The quantitative estimate of drug-likeness (QED) is 0.0739. The van der Waals surface area contributed by atoms with Crippen LogP contribution in [0.1, 0.15) is 104 Å². The number of anilines is 1. The molecule has 7 heterocycles. The zero-order valence-corrected chi connectivity index (χ0v) is 40.3. The molecule has 5 aliphatic heterocycles. The van der Waals surface area contributed by atoms with Crippen LogP contribution in [0.2, 0.25) is 0 Å². The third kappa shape index (κ3) is 9.52. The second-order valence-electron chi connectivity index (χ2n) is 21.2. The van der Waals surface area contributed by atoms with Gasteiger partial charge in [-0.2, -0.15) is 9.97 Å². The number of amides is 3. The highest BCUT2D eigenvalue weighted by molar-refractivity contribution is 6.03. The molecule has 6 aliphatic rings. The molecule has 370 valence electrons. The number of carbonyl (C=O) groups excluding carboxylic acids is 3. The molecule has 0 radical (unpaired) electrons. The van der Waals surface area contributed by atoms with Crippen LogP contribution in [-0.2, 0) is 16.1 Å². The van der Waals surface area contributed by atoms with Crippen LogP contribution in [0.5, 0.6) is 11.8 Å². The van der Waals surface area contributed by atoms with E-state index in [1.165, 1.54) is 29.8 Å². The first-order chi connectivity index (χ1) is 34.4. The second-order valence-corrected chi connectivity index (χ2v) is 21.2. The number of terminal acetylenes is 1. The molecule has 1 saturated carbocycles. The van der Waals surface area contributed by atoms with E-state index in [2.05, 4.69) is 48.4 Å². The number of imide groups is 1. The summed E-state index contributed by atoms with van der Waals surface area (Å²) in [5.41, 5.74) is 3.16. The Morgan fingerprint density at radius 3 is 2.49 bits per heavy atom. The first kappa shape index (κ1) is 47.1. The van der Waals surface area contributed by atoms with Crippen LogP contribution in [0, 0.1) is 35.3 Å². The van der Waals surface area contributed by atoms with E-state index in [1.807, 2.05) is 17.9 Å². The number of piperidine rings is 2.